The van der Waals surface area contributed by atoms with Crippen molar-refractivity contribution < 1.29 is 0 Å². The molecule has 0 heterocycles. The van der Waals surface area contributed by atoms with Crippen LogP contribution in [0.4, 0.5) is 0 Å². The molecule has 0 N–H and O–H groups in total. The molecule has 124 heavy (non-hydrogen) atoms. The average Bonchev–Trinajstić information content (AvgIpc) is 0.818. The highest BCUT2D eigenvalue weighted by molar-refractivity contribution is 7.98. The Hall–Kier alpha value is -7.96. The van der Waals surface area contributed by atoms with Crippen molar-refractivity contribution in [2.24, 2.45) is 0 Å². The van der Waals surface area contributed by atoms with Gasteiger partial charge < -0.3 is 0 Å². The van der Waals surface area contributed by atoms with Gasteiger partial charge in [0.05, 0.1) is 43.6 Å². The number of hydrogen-bond donors (Lipinski definition) is 0. The van der Waals surface area contributed by atoms with Gasteiger partial charge in [0.15, 0.2) is 58.7 Å². The van der Waals surface area contributed by atoms with E-state index in [0.29, 0.717) is 0 Å². The van der Waals surface area contributed by atoms with Gasteiger partial charge in [0.2, 0.25) is 0 Å². The van der Waals surface area contributed by atoms with Gasteiger partial charge >= 0.3 is 0 Å². The van der Waals surface area contributed by atoms with E-state index in [0.717, 1.165) is 35.5 Å². The molecule has 0 saturated heterocycles. The molecule has 0 amide bonds. The zero-order valence-corrected chi connectivity index (χ0v) is 80.0. The Bertz CT molecular complexity index is 4710. The van der Waals surface area contributed by atoms with Crippen molar-refractivity contribution >= 4 is 43.6 Å². The molecule has 0 bridgehead atoms. The molecule has 0 spiro atoms. The van der Waals surface area contributed by atoms with Gasteiger partial charge in [-0.25, -0.2) is 0 Å². The SMILES string of the molecule is CC(C)(C)c1ccc([S+](c2ccc(C(C)(C)C)cc2)c2ccc(C(C)(C)C)cc2)cc1.c1cc([S+](c2ccc(C3CCCCC3)cc2)c2ccc(C3CCCCC3)cc2)ccc1C1CCCCC1.c1ccc([S+](c2ccc(C3CCCCC3)cc2)c2ccc(C3CCCCC3)cc2)cc1.c1ccc([S+](c2ccccc2)c2ccc(C3CCCCC3)cc2)cc1. The van der Waals surface area contributed by atoms with Crippen molar-refractivity contribution in [1.82, 2.24) is 0 Å². The minimum absolute atomic E-state index is 0.0278. The molecule has 644 valence electrons. The van der Waals surface area contributed by atoms with Gasteiger partial charge in [-0.2, -0.15) is 0 Å². The van der Waals surface area contributed by atoms with Crippen molar-refractivity contribution in [3.8, 4) is 0 Å². The predicted octanol–water partition coefficient (Wildman–Crippen LogP) is 35.3. The lowest BCUT2D eigenvalue weighted by Crippen LogP contribution is -2.13. The summed E-state index contributed by atoms with van der Waals surface area (Å²) in [6.07, 6.45) is 41.7. The molecule has 12 aromatic rings. The standard InChI is InChI=1S/C36H45S.C30H35S.C30H39S.C24H25S/c1-4-10-28(11-5-1)31-16-22-34(23-17-31)37(35-24-18-32(19-25-35)29-12-6-2-7-13-29)36-26-20-33(21-27-36)30-14-8-3-9-15-30;1-4-10-24(11-5-1)26-16-20-29(21-17-26)31(28-14-8-3-9-15-28)30-22-18-27(19-23-30)25-12-6-2-7-13-25;1-28(2,3)22-10-16-25(17-11-22)31(26-18-12-23(13-19-26)29(4,5)6)27-20-14-24(15-21-27)30(7,8)9;1-4-10-20(11-5-1)21-16-18-24(19-17-21)25(22-12-6-2-7-13-22)23-14-8-3-9-15-23/h16-30H,1-15H2;3,8-9,14-25H,1-2,4-7,10-13H2;10-21H,1-9H3;2-3,6-9,12-20H,1,4-5,10-11H2/q4*+1. The van der Waals surface area contributed by atoms with Crippen molar-refractivity contribution in [3.63, 3.8) is 0 Å². The zero-order valence-electron chi connectivity index (χ0n) is 76.8. The fraction of sp³-hybridized carbons (Fsp3) is 0.400. The lowest BCUT2D eigenvalue weighted by molar-refractivity contribution is 0.443. The molecule has 6 aliphatic rings. The molecule has 0 unspecified atom stereocenters. The fourth-order valence-corrected chi connectivity index (χ4v) is 28.7. The van der Waals surface area contributed by atoms with Crippen LogP contribution < -0.4 is 0 Å². The molecular formula is C120H144S4+4. The first-order valence-corrected chi connectivity index (χ1v) is 53.4. The van der Waals surface area contributed by atoms with Gasteiger partial charge in [-0.1, -0.05) is 342 Å². The Morgan fingerprint density at radius 2 is 0.266 bits per heavy atom. The second-order valence-electron chi connectivity index (χ2n) is 39.9. The van der Waals surface area contributed by atoms with Crippen LogP contribution in [0.2, 0.25) is 0 Å². The summed E-state index contributed by atoms with van der Waals surface area (Å²) < 4.78 is 0. The summed E-state index contributed by atoms with van der Waals surface area (Å²) in [5.41, 5.74) is 14.0. The quantitative estimate of drug-likeness (QED) is 0.0751. The van der Waals surface area contributed by atoms with Crippen molar-refractivity contribution in [3.05, 3.63) is 359 Å². The highest BCUT2D eigenvalue weighted by Gasteiger charge is 2.36. The maximum Gasteiger partial charge on any atom is 0.166 e. The Morgan fingerprint density at radius 3 is 0.395 bits per heavy atom. The molecule has 0 nitrogen and oxygen atoms in total. The van der Waals surface area contributed by atoms with Gasteiger partial charge in [-0.05, 0) is 324 Å². The Kier molecular flexibility index (Phi) is 32.3. The highest BCUT2D eigenvalue weighted by Crippen LogP contribution is 2.45. The zero-order chi connectivity index (χ0) is 85.7. The highest BCUT2D eigenvalue weighted by atomic mass is 32.2. The van der Waals surface area contributed by atoms with E-state index < -0.39 is 0 Å². The lowest BCUT2D eigenvalue weighted by atomic mass is 9.84. The molecular weight excluding hydrogens is 1570 g/mol. The summed E-state index contributed by atoms with van der Waals surface area (Å²) in [5.74, 6) is 4.64. The third kappa shape index (κ3) is 24.5. The lowest BCUT2D eigenvalue weighted by Gasteiger charge is -2.23. The first-order chi connectivity index (χ1) is 60.4. The van der Waals surface area contributed by atoms with E-state index in [1.165, 1.54) is 274 Å². The molecule has 12 aromatic carbocycles. The number of rotatable bonds is 18. The van der Waals surface area contributed by atoms with Crippen LogP contribution in [0.5, 0.6) is 0 Å². The van der Waals surface area contributed by atoms with Gasteiger partial charge in [0, 0.05) is 0 Å². The molecule has 0 radical (unpaired) electrons. The largest absolute Gasteiger partial charge is 0.166 e. The van der Waals surface area contributed by atoms with E-state index in [2.05, 4.69) is 372 Å². The van der Waals surface area contributed by atoms with Crippen LogP contribution >= 0.6 is 0 Å². The van der Waals surface area contributed by atoms with Gasteiger partial charge in [-0.3, -0.25) is 0 Å². The van der Waals surface area contributed by atoms with Crippen molar-refractivity contribution in [2.75, 3.05) is 0 Å². The molecule has 0 aliphatic heterocycles. The van der Waals surface area contributed by atoms with Crippen LogP contribution in [0.15, 0.2) is 368 Å². The Balaban J connectivity index is 0.000000129. The molecule has 18 rings (SSSR count). The van der Waals surface area contributed by atoms with Crippen LogP contribution in [0.3, 0.4) is 0 Å². The monoisotopic (exact) mass is 1710 g/mol. The summed E-state index contributed by atoms with van der Waals surface area (Å²) in [7, 11) is -0.243. The molecule has 0 atom stereocenters. The van der Waals surface area contributed by atoms with Crippen LogP contribution in [0.25, 0.3) is 0 Å². The van der Waals surface area contributed by atoms with Crippen LogP contribution in [-0.2, 0) is 59.8 Å². The molecule has 6 saturated carbocycles. The van der Waals surface area contributed by atoms with Crippen LogP contribution in [-0.4, -0.2) is 0 Å². The van der Waals surface area contributed by atoms with E-state index in [4.69, 9.17) is 0 Å². The van der Waals surface area contributed by atoms with E-state index in [1.807, 2.05) is 0 Å². The van der Waals surface area contributed by atoms with Crippen LogP contribution in [0, 0.1) is 0 Å². The second-order valence-corrected chi connectivity index (χ2v) is 48.0. The van der Waals surface area contributed by atoms with E-state index in [-0.39, 0.29) is 59.8 Å². The van der Waals surface area contributed by atoms with Crippen molar-refractivity contribution in [2.45, 2.75) is 365 Å². The molecule has 4 heteroatoms. The summed E-state index contributed by atoms with van der Waals surface area (Å²) in [6.45, 7) is 20.5. The maximum absolute atomic E-state index is 2.46. The normalized spacial score (nSPS) is 17.0. The van der Waals surface area contributed by atoms with Crippen LogP contribution in [0.1, 0.15) is 341 Å². The van der Waals surface area contributed by atoms with Gasteiger partial charge in [0.25, 0.3) is 0 Å². The minimum Gasteiger partial charge on any atom is -0.0619 e. The second kappa shape index (κ2) is 44.2. The predicted molar refractivity (Wildman–Crippen MR) is 537 cm³/mol. The van der Waals surface area contributed by atoms with Gasteiger partial charge in [0.1, 0.15) is 0 Å². The summed E-state index contributed by atoms with van der Waals surface area (Å²) in [6, 6.07) is 119. The fourth-order valence-electron chi connectivity index (χ4n) is 20.4. The first kappa shape index (κ1) is 90.8. The van der Waals surface area contributed by atoms with E-state index in [9.17, 15) is 0 Å². The summed E-state index contributed by atoms with van der Waals surface area (Å²) in [4.78, 5) is 17.0. The molecule has 6 aliphatic carbocycles. The first-order valence-electron chi connectivity index (χ1n) is 48.5. The minimum atomic E-state index is -0.120. The topological polar surface area (TPSA) is 0 Å². The Morgan fingerprint density at radius 1 is 0.145 bits per heavy atom. The smallest absolute Gasteiger partial charge is 0.0619 e. The van der Waals surface area contributed by atoms with E-state index in [1.54, 1.807) is 27.8 Å². The number of benzene rings is 12. The molecule has 6 fully saturated rings. The molecule has 0 aromatic heterocycles. The van der Waals surface area contributed by atoms with Crippen molar-refractivity contribution in [1.29, 1.82) is 0 Å². The summed E-state index contributed by atoms with van der Waals surface area (Å²) in [5, 5.41) is 0. The maximum atomic E-state index is 2.46. The third-order valence-corrected chi connectivity index (χ3v) is 36.9. The van der Waals surface area contributed by atoms with Gasteiger partial charge in [-0.15, -0.1) is 0 Å². The third-order valence-electron chi connectivity index (χ3n) is 28.0. The van der Waals surface area contributed by atoms with E-state index >= 15 is 0 Å². The Labute approximate surface area is 762 Å². The summed E-state index contributed by atoms with van der Waals surface area (Å²) >= 11 is 0. The number of hydrogen-bond acceptors (Lipinski definition) is 0. The average molecular weight is 1710 g/mol.